The SMILES string of the molecule is CN(CC(O)CNC(C)(C)CC1Cc2ccccc2C1)S(=O)(=O)c1cc(CCC(=O)O)cc(C(F)(F)F)c1. The Kier molecular flexibility index (Phi) is 9.28. The molecule has 0 radical (unpaired) electrons. The second kappa shape index (κ2) is 11.7. The van der Waals surface area contributed by atoms with Crippen LogP contribution in [0.25, 0.3) is 0 Å². The van der Waals surface area contributed by atoms with Gasteiger partial charge in [0.25, 0.3) is 0 Å². The zero-order chi connectivity index (χ0) is 28.3. The van der Waals surface area contributed by atoms with Crippen LogP contribution in [0.4, 0.5) is 13.2 Å². The number of carboxylic acid groups (broad SMARTS) is 1. The number of fused-ring (bicyclic) bond motifs is 1. The number of β-amino-alcohol motifs (C(OH)–C–C–N with tert-alkyl or cyclic N) is 1. The molecule has 0 amide bonds. The minimum atomic E-state index is -4.81. The first-order chi connectivity index (χ1) is 17.6. The zero-order valence-electron chi connectivity index (χ0n) is 21.8. The summed E-state index contributed by atoms with van der Waals surface area (Å²) in [5.74, 6) is -0.758. The average Bonchev–Trinajstić information content (AvgIpc) is 3.22. The summed E-state index contributed by atoms with van der Waals surface area (Å²) in [5.41, 5.74) is 1.14. The fourth-order valence-electron chi connectivity index (χ4n) is 4.99. The number of aliphatic hydroxyl groups excluding tert-OH is 1. The van der Waals surface area contributed by atoms with Crippen LogP contribution < -0.4 is 5.32 Å². The number of nitrogens with zero attached hydrogens (tertiary/aromatic N) is 1. The summed E-state index contributed by atoms with van der Waals surface area (Å²) in [6, 6.07) is 10.7. The van der Waals surface area contributed by atoms with Crippen molar-refractivity contribution in [2.24, 2.45) is 5.92 Å². The molecular weight excluding hydrogens is 521 g/mol. The maximum absolute atomic E-state index is 13.4. The van der Waals surface area contributed by atoms with Crippen LogP contribution in [0.3, 0.4) is 0 Å². The molecule has 7 nitrogen and oxygen atoms in total. The Bertz CT molecular complexity index is 1220. The van der Waals surface area contributed by atoms with Crippen molar-refractivity contribution in [3.8, 4) is 0 Å². The van der Waals surface area contributed by atoms with E-state index in [9.17, 15) is 31.5 Å². The number of rotatable bonds is 12. The van der Waals surface area contributed by atoms with Gasteiger partial charge < -0.3 is 15.5 Å². The molecule has 1 atom stereocenters. The summed E-state index contributed by atoms with van der Waals surface area (Å²) < 4.78 is 67.2. The second-order valence-electron chi connectivity index (χ2n) is 10.7. The summed E-state index contributed by atoms with van der Waals surface area (Å²) in [5, 5.41) is 22.7. The Morgan fingerprint density at radius 3 is 2.29 bits per heavy atom. The zero-order valence-corrected chi connectivity index (χ0v) is 22.6. The highest BCUT2D eigenvalue weighted by Crippen LogP contribution is 2.33. The van der Waals surface area contributed by atoms with Gasteiger partial charge in [-0.1, -0.05) is 24.3 Å². The third-order valence-electron chi connectivity index (χ3n) is 6.85. The molecule has 1 unspecified atom stereocenters. The molecule has 0 fully saturated rings. The van der Waals surface area contributed by atoms with Crippen LogP contribution in [0.1, 0.15) is 48.9 Å². The Balaban J connectivity index is 1.62. The molecule has 0 aliphatic heterocycles. The number of aryl methyl sites for hydroxylation is 1. The van der Waals surface area contributed by atoms with Crippen LogP contribution >= 0.6 is 0 Å². The molecule has 1 aliphatic rings. The highest BCUT2D eigenvalue weighted by molar-refractivity contribution is 7.89. The molecule has 3 rings (SSSR count). The van der Waals surface area contributed by atoms with E-state index >= 15 is 0 Å². The van der Waals surface area contributed by atoms with Crippen LogP contribution in [-0.4, -0.2) is 60.7 Å². The molecule has 1 aliphatic carbocycles. The number of hydrogen-bond acceptors (Lipinski definition) is 5. The van der Waals surface area contributed by atoms with E-state index in [0.717, 1.165) is 35.7 Å². The monoisotopic (exact) mass is 556 g/mol. The van der Waals surface area contributed by atoms with Crippen molar-refractivity contribution < 1.29 is 36.6 Å². The number of halogens is 3. The van der Waals surface area contributed by atoms with E-state index in [2.05, 4.69) is 17.4 Å². The van der Waals surface area contributed by atoms with Crippen LogP contribution in [0, 0.1) is 5.92 Å². The number of hydrogen-bond donors (Lipinski definition) is 3. The van der Waals surface area contributed by atoms with Gasteiger partial charge in [-0.05, 0) is 80.3 Å². The number of aliphatic hydroxyl groups is 1. The molecule has 0 heterocycles. The number of benzene rings is 2. The van der Waals surface area contributed by atoms with Crippen LogP contribution in [0.5, 0.6) is 0 Å². The van der Waals surface area contributed by atoms with E-state index in [1.54, 1.807) is 0 Å². The Morgan fingerprint density at radius 1 is 1.13 bits per heavy atom. The summed E-state index contributed by atoms with van der Waals surface area (Å²) >= 11 is 0. The minimum absolute atomic E-state index is 0.0489. The van der Waals surface area contributed by atoms with Crippen LogP contribution in [-0.2, 0) is 40.3 Å². The summed E-state index contributed by atoms with van der Waals surface area (Å²) in [7, 11) is -3.19. The van der Waals surface area contributed by atoms with Gasteiger partial charge in [-0.25, -0.2) is 8.42 Å². The van der Waals surface area contributed by atoms with Crippen molar-refractivity contribution in [3.63, 3.8) is 0 Å². The Labute approximate surface area is 221 Å². The van der Waals surface area contributed by atoms with E-state index < -0.39 is 45.2 Å². The fraction of sp³-hybridized carbons (Fsp3) is 0.519. The normalized spacial score (nSPS) is 15.6. The molecule has 11 heteroatoms. The maximum Gasteiger partial charge on any atom is 0.416 e. The Morgan fingerprint density at radius 2 is 1.74 bits per heavy atom. The highest BCUT2D eigenvalue weighted by Gasteiger charge is 2.34. The molecule has 0 saturated carbocycles. The smallest absolute Gasteiger partial charge is 0.416 e. The van der Waals surface area contributed by atoms with Gasteiger partial charge in [0.1, 0.15) is 0 Å². The molecule has 0 aromatic heterocycles. The third kappa shape index (κ3) is 8.02. The van der Waals surface area contributed by atoms with Crippen molar-refractivity contribution in [1.82, 2.24) is 9.62 Å². The lowest BCUT2D eigenvalue weighted by Crippen LogP contribution is -2.47. The van der Waals surface area contributed by atoms with Gasteiger partial charge in [-0.2, -0.15) is 17.5 Å². The first-order valence-electron chi connectivity index (χ1n) is 12.5. The number of nitrogens with one attached hydrogen (secondary N) is 1. The van der Waals surface area contributed by atoms with Gasteiger partial charge in [0.2, 0.25) is 10.0 Å². The summed E-state index contributed by atoms with van der Waals surface area (Å²) in [4.78, 5) is 10.3. The predicted octanol–water partition coefficient (Wildman–Crippen LogP) is 3.88. The highest BCUT2D eigenvalue weighted by atomic mass is 32.2. The van der Waals surface area contributed by atoms with Gasteiger partial charge in [-0.3, -0.25) is 4.79 Å². The van der Waals surface area contributed by atoms with E-state index in [1.807, 2.05) is 26.0 Å². The number of aliphatic carboxylic acids is 1. The van der Waals surface area contributed by atoms with Gasteiger partial charge in [0, 0.05) is 32.1 Å². The molecule has 2 aromatic rings. The quantitative estimate of drug-likeness (QED) is 0.367. The largest absolute Gasteiger partial charge is 0.481 e. The van der Waals surface area contributed by atoms with Gasteiger partial charge in [0.05, 0.1) is 16.6 Å². The van der Waals surface area contributed by atoms with Crippen LogP contribution in [0.15, 0.2) is 47.4 Å². The van der Waals surface area contributed by atoms with Gasteiger partial charge in [-0.15, -0.1) is 0 Å². The molecule has 38 heavy (non-hydrogen) atoms. The first kappa shape index (κ1) is 30.1. The lowest BCUT2D eigenvalue weighted by molar-refractivity contribution is -0.138. The lowest BCUT2D eigenvalue weighted by Gasteiger charge is -2.31. The lowest BCUT2D eigenvalue weighted by atomic mass is 9.88. The standard InChI is InChI=1S/C27H35F3N2O5S/c1-26(2,15-19-10-20-6-4-5-7-21(20)11-19)31-16-23(33)17-32(3)38(36,37)24-13-18(8-9-25(34)35)12-22(14-24)27(28,29)30/h4-7,12-14,19,23,31,33H,8-11,15-17H2,1-3H3,(H,34,35). The van der Waals surface area contributed by atoms with Crippen molar-refractivity contribution in [2.75, 3.05) is 20.1 Å². The van der Waals surface area contributed by atoms with Crippen molar-refractivity contribution >= 4 is 16.0 Å². The predicted molar refractivity (Wildman–Crippen MR) is 137 cm³/mol. The topological polar surface area (TPSA) is 107 Å². The fourth-order valence-corrected chi connectivity index (χ4v) is 6.29. The second-order valence-corrected chi connectivity index (χ2v) is 12.8. The number of alkyl halides is 3. The molecule has 210 valence electrons. The number of carboxylic acids is 1. The minimum Gasteiger partial charge on any atom is -0.481 e. The van der Waals surface area contributed by atoms with E-state index in [4.69, 9.17) is 5.11 Å². The van der Waals surface area contributed by atoms with E-state index in [1.165, 1.54) is 18.2 Å². The average molecular weight is 557 g/mol. The van der Waals surface area contributed by atoms with E-state index in [0.29, 0.717) is 12.0 Å². The molecule has 0 bridgehead atoms. The van der Waals surface area contributed by atoms with Gasteiger partial charge >= 0.3 is 12.1 Å². The molecular formula is C27H35F3N2O5S. The van der Waals surface area contributed by atoms with Gasteiger partial charge in [0.15, 0.2) is 0 Å². The molecule has 2 aromatic carbocycles. The van der Waals surface area contributed by atoms with Crippen LogP contribution in [0.2, 0.25) is 0 Å². The molecule has 0 spiro atoms. The molecule has 0 saturated heterocycles. The van der Waals surface area contributed by atoms with Crippen molar-refractivity contribution in [2.45, 2.75) is 68.7 Å². The maximum atomic E-state index is 13.4. The molecule has 3 N–H and O–H groups in total. The third-order valence-corrected chi connectivity index (χ3v) is 8.65. The summed E-state index contributed by atoms with van der Waals surface area (Å²) in [6.07, 6.45) is -3.79. The number of likely N-dealkylation sites (N-methyl/N-ethyl adjacent to an activating group) is 1. The Hall–Kier alpha value is -2.47. The van der Waals surface area contributed by atoms with Crippen molar-refractivity contribution in [1.29, 1.82) is 0 Å². The number of carbonyl (C=O) groups is 1. The first-order valence-corrected chi connectivity index (χ1v) is 13.9. The van der Waals surface area contributed by atoms with E-state index in [-0.39, 0.29) is 30.6 Å². The number of sulfonamides is 1. The van der Waals surface area contributed by atoms with Crippen molar-refractivity contribution in [3.05, 3.63) is 64.7 Å². The summed E-state index contributed by atoms with van der Waals surface area (Å²) in [6.45, 7) is 3.80.